The first-order chi connectivity index (χ1) is 8.31. The Morgan fingerprint density at radius 1 is 1.56 bits per heavy atom. The van der Waals surface area contributed by atoms with E-state index in [4.69, 9.17) is 10.00 Å². The lowest BCUT2D eigenvalue weighted by atomic mass is 10.0. The van der Waals surface area contributed by atoms with Crippen LogP contribution in [0.5, 0.6) is 0 Å². The molecule has 1 saturated heterocycles. The van der Waals surface area contributed by atoms with Gasteiger partial charge in [0.2, 0.25) is 0 Å². The molecule has 18 heavy (non-hydrogen) atoms. The molecule has 1 rings (SSSR count). The van der Waals surface area contributed by atoms with Crippen molar-refractivity contribution in [3.05, 3.63) is 0 Å². The highest BCUT2D eigenvalue weighted by molar-refractivity contribution is 5.68. The number of hydrogen-bond donors (Lipinski definition) is 1. The summed E-state index contributed by atoms with van der Waals surface area (Å²) in [4.78, 5) is 13.7. The Morgan fingerprint density at radius 3 is 2.78 bits per heavy atom. The minimum Gasteiger partial charge on any atom is -0.444 e. The molecule has 1 N–H and O–H groups in total. The van der Waals surface area contributed by atoms with Gasteiger partial charge in [0.1, 0.15) is 5.60 Å². The average molecular weight is 253 g/mol. The number of likely N-dealkylation sites (tertiary alicyclic amines) is 1. The van der Waals surface area contributed by atoms with Gasteiger partial charge in [0.15, 0.2) is 0 Å². The Hall–Kier alpha value is -1.28. The minimum atomic E-state index is -0.474. The molecule has 0 aromatic heterocycles. The third-order valence-electron chi connectivity index (χ3n) is 2.91. The number of carbonyl (C=O) groups is 1. The summed E-state index contributed by atoms with van der Waals surface area (Å²) in [6.45, 7) is 9.05. The molecule has 1 aliphatic rings. The van der Waals surface area contributed by atoms with Crippen LogP contribution in [0.4, 0.5) is 4.79 Å². The summed E-state index contributed by atoms with van der Waals surface area (Å²) < 4.78 is 5.23. The molecule has 0 saturated carbocycles. The van der Waals surface area contributed by atoms with Gasteiger partial charge in [0, 0.05) is 12.6 Å². The van der Waals surface area contributed by atoms with Gasteiger partial charge >= 0.3 is 6.09 Å². The predicted molar refractivity (Wildman–Crippen MR) is 69.0 cm³/mol. The predicted octanol–water partition coefficient (Wildman–Crippen LogP) is 1.89. The highest BCUT2D eigenvalue weighted by Gasteiger charge is 2.26. The number of nitrogens with one attached hydrogen (secondary N) is 1. The van der Waals surface area contributed by atoms with E-state index in [9.17, 15) is 4.79 Å². The second-order valence-electron chi connectivity index (χ2n) is 5.79. The summed E-state index contributed by atoms with van der Waals surface area (Å²) >= 11 is 0. The van der Waals surface area contributed by atoms with Crippen molar-refractivity contribution in [2.24, 2.45) is 0 Å². The van der Waals surface area contributed by atoms with Crippen molar-refractivity contribution in [2.75, 3.05) is 13.1 Å². The first-order valence-electron chi connectivity index (χ1n) is 6.45. The van der Waals surface area contributed by atoms with Crippen LogP contribution >= 0.6 is 0 Å². The lowest BCUT2D eigenvalue weighted by Gasteiger charge is -2.34. The number of rotatable bonds is 2. The number of nitriles is 1. The van der Waals surface area contributed by atoms with Crippen LogP contribution in [-0.2, 0) is 4.74 Å². The second-order valence-corrected chi connectivity index (χ2v) is 5.79. The van der Waals surface area contributed by atoms with Crippen LogP contribution in [0.1, 0.15) is 40.5 Å². The molecule has 0 aromatic rings. The molecule has 1 fully saturated rings. The third-order valence-corrected chi connectivity index (χ3v) is 2.91. The van der Waals surface area contributed by atoms with E-state index >= 15 is 0 Å². The number of carbonyl (C=O) groups excluding carboxylic acids is 1. The molecular formula is C13H23N3O2. The van der Waals surface area contributed by atoms with Crippen molar-refractivity contribution in [3.63, 3.8) is 0 Å². The van der Waals surface area contributed by atoms with E-state index in [0.29, 0.717) is 6.54 Å². The third kappa shape index (κ3) is 4.92. The standard InChI is InChI=1S/C13H23N3O2/c1-10(8-14)16-7-5-6-11(9-16)15-12(17)18-13(2,3)4/h10-11H,5-7,9H2,1-4H3,(H,15,17)/t10-,11+/m0/s1. The monoisotopic (exact) mass is 253 g/mol. The number of hydrogen-bond acceptors (Lipinski definition) is 4. The molecule has 5 nitrogen and oxygen atoms in total. The Bertz CT molecular complexity index is 330. The molecule has 2 atom stereocenters. The molecule has 0 aromatic carbocycles. The number of nitrogens with zero attached hydrogens (tertiary/aromatic N) is 2. The van der Waals surface area contributed by atoms with Gasteiger partial charge in [-0.05, 0) is 47.1 Å². The highest BCUT2D eigenvalue weighted by Crippen LogP contribution is 2.14. The van der Waals surface area contributed by atoms with E-state index in [1.54, 1.807) is 0 Å². The SMILES string of the molecule is C[C@@H](C#N)N1CCC[C@@H](NC(=O)OC(C)(C)C)C1. The molecule has 0 radical (unpaired) electrons. The Balaban J connectivity index is 2.43. The van der Waals surface area contributed by atoms with Crippen LogP contribution < -0.4 is 5.32 Å². The maximum absolute atomic E-state index is 11.7. The number of alkyl carbamates (subject to hydrolysis) is 1. The maximum atomic E-state index is 11.7. The second kappa shape index (κ2) is 6.05. The van der Waals surface area contributed by atoms with Crippen molar-refractivity contribution >= 4 is 6.09 Å². The zero-order chi connectivity index (χ0) is 13.8. The van der Waals surface area contributed by atoms with Crippen LogP contribution in [0.25, 0.3) is 0 Å². The fourth-order valence-electron chi connectivity index (χ4n) is 2.03. The summed E-state index contributed by atoms with van der Waals surface area (Å²) in [7, 11) is 0. The van der Waals surface area contributed by atoms with Gasteiger partial charge in [-0.3, -0.25) is 4.90 Å². The Morgan fingerprint density at radius 2 is 2.22 bits per heavy atom. The first kappa shape index (κ1) is 14.8. The highest BCUT2D eigenvalue weighted by atomic mass is 16.6. The van der Waals surface area contributed by atoms with Gasteiger partial charge in [0.05, 0.1) is 12.1 Å². The summed E-state index contributed by atoms with van der Waals surface area (Å²) in [5.41, 5.74) is -0.474. The molecule has 102 valence electrons. The maximum Gasteiger partial charge on any atom is 0.407 e. The zero-order valence-electron chi connectivity index (χ0n) is 11.7. The summed E-state index contributed by atoms with van der Waals surface area (Å²) in [5.74, 6) is 0. The molecule has 1 aliphatic heterocycles. The molecule has 1 heterocycles. The van der Waals surface area contributed by atoms with Crippen LogP contribution in [0.3, 0.4) is 0 Å². The zero-order valence-corrected chi connectivity index (χ0v) is 11.7. The quantitative estimate of drug-likeness (QED) is 0.816. The largest absolute Gasteiger partial charge is 0.444 e. The topological polar surface area (TPSA) is 65.4 Å². The Labute approximate surface area is 109 Å². The van der Waals surface area contributed by atoms with Gasteiger partial charge in [-0.15, -0.1) is 0 Å². The fraction of sp³-hybridized carbons (Fsp3) is 0.846. The first-order valence-corrected chi connectivity index (χ1v) is 6.45. The summed E-state index contributed by atoms with van der Waals surface area (Å²) in [6, 6.07) is 2.20. The average Bonchev–Trinajstić information content (AvgIpc) is 2.25. The van der Waals surface area contributed by atoms with E-state index in [-0.39, 0.29) is 18.2 Å². The molecule has 1 amide bonds. The van der Waals surface area contributed by atoms with Crippen molar-refractivity contribution in [2.45, 2.75) is 58.2 Å². The van der Waals surface area contributed by atoms with E-state index in [0.717, 1.165) is 19.4 Å². The van der Waals surface area contributed by atoms with Gasteiger partial charge < -0.3 is 10.1 Å². The van der Waals surface area contributed by atoms with Crippen LogP contribution in [0.2, 0.25) is 0 Å². The number of ether oxygens (including phenoxy) is 1. The fourth-order valence-corrected chi connectivity index (χ4v) is 2.03. The van der Waals surface area contributed by atoms with Gasteiger partial charge in [-0.25, -0.2) is 4.79 Å². The Kier molecular flexibility index (Phi) is 4.97. The molecule has 0 bridgehead atoms. The lowest BCUT2D eigenvalue weighted by Crippen LogP contribution is -2.50. The van der Waals surface area contributed by atoms with E-state index in [2.05, 4.69) is 16.3 Å². The summed E-state index contributed by atoms with van der Waals surface area (Å²) in [5, 5.41) is 11.8. The van der Waals surface area contributed by atoms with E-state index < -0.39 is 5.60 Å². The molecule has 0 unspecified atom stereocenters. The van der Waals surface area contributed by atoms with Gasteiger partial charge in [0.25, 0.3) is 0 Å². The normalized spacial score (nSPS) is 22.9. The minimum absolute atomic E-state index is 0.0735. The molecule has 0 aliphatic carbocycles. The molecule has 0 spiro atoms. The van der Waals surface area contributed by atoms with Gasteiger partial charge in [-0.1, -0.05) is 0 Å². The molecule has 5 heteroatoms. The van der Waals surface area contributed by atoms with Crippen molar-refractivity contribution in [1.29, 1.82) is 5.26 Å². The van der Waals surface area contributed by atoms with Crippen molar-refractivity contribution in [3.8, 4) is 6.07 Å². The number of piperidine rings is 1. The van der Waals surface area contributed by atoms with E-state index in [1.807, 2.05) is 27.7 Å². The lowest BCUT2D eigenvalue weighted by molar-refractivity contribution is 0.0467. The van der Waals surface area contributed by atoms with Crippen molar-refractivity contribution in [1.82, 2.24) is 10.2 Å². The summed E-state index contributed by atoms with van der Waals surface area (Å²) in [6.07, 6.45) is 1.55. The van der Waals surface area contributed by atoms with Gasteiger partial charge in [-0.2, -0.15) is 5.26 Å². The molecular weight excluding hydrogens is 230 g/mol. The van der Waals surface area contributed by atoms with Crippen LogP contribution in [0.15, 0.2) is 0 Å². The van der Waals surface area contributed by atoms with Crippen LogP contribution in [-0.4, -0.2) is 41.8 Å². The van der Waals surface area contributed by atoms with E-state index in [1.165, 1.54) is 0 Å². The smallest absolute Gasteiger partial charge is 0.407 e. The van der Waals surface area contributed by atoms with Crippen LogP contribution in [0, 0.1) is 11.3 Å². The number of amides is 1. The van der Waals surface area contributed by atoms with Crippen molar-refractivity contribution < 1.29 is 9.53 Å².